The normalized spacial score (nSPS) is 13.8. The standard InChI is InChI=1S/C12H28N2O/c1-6-8-14(11(2)3)12(4)10-13-7-9-15-5/h11-13H,6-10H2,1-5H3. The van der Waals surface area contributed by atoms with Gasteiger partial charge in [-0.3, -0.25) is 4.90 Å². The highest BCUT2D eigenvalue weighted by molar-refractivity contribution is 4.72. The van der Waals surface area contributed by atoms with Gasteiger partial charge in [0.1, 0.15) is 0 Å². The molecule has 0 aromatic carbocycles. The van der Waals surface area contributed by atoms with E-state index in [-0.39, 0.29) is 0 Å². The average Bonchev–Trinajstić information content (AvgIpc) is 2.20. The lowest BCUT2D eigenvalue weighted by atomic mass is 10.2. The van der Waals surface area contributed by atoms with Crippen LogP contribution in [-0.4, -0.2) is 50.3 Å². The van der Waals surface area contributed by atoms with Gasteiger partial charge in [-0.1, -0.05) is 6.92 Å². The molecule has 0 aromatic rings. The van der Waals surface area contributed by atoms with E-state index in [0.717, 1.165) is 19.7 Å². The summed E-state index contributed by atoms with van der Waals surface area (Å²) < 4.78 is 5.00. The number of rotatable bonds is 9. The Hall–Kier alpha value is -0.120. The van der Waals surface area contributed by atoms with Crippen molar-refractivity contribution < 1.29 is 4.74 Å². The second-order valence-corrected chi connectivity index (χ2v) is 4.38. The first kappa shape index (κ1) is 14.9. The molecule has 15 heavy (non-hydrogen) atoms. The zero-order chi connectivity index (χ0) is 11.7. The summed E-state index contributed by atoms with van der Waals surface area (Å²) in [6, 6.07) is 1.23. The first-order chi connectivity index (χ1) is 7.13. The molecule has 0 fully saturated rings. The van der Waals surface area contributed by atoms with E-state index in [4.69, 9.17) is 4.74 Å². The molecule has 0 amide bonds. The van der Waals surface area contributed by atoms with Crippen molar-refractivity contribution in [3.8, 4) is 0 Å². The number of ether oxygens (including phenoxy) is 1. The highest BCUT2D eigenvalue weighted by atomic mass is 16.5. The molecular weight excluding hydrogens is 188 g/mol. The van der Waals surface area contributed by atoms with Crippen LogP contribution in [0.5, 0.6) is 0 Å². The largest absolute Gasteiger partial charge is 0.383 e. The van der Waals surface area contributed by atoms with Crippen molar-refractivity contribution in [2.75, 3.05) is 33.4 Å². The van der Waals surface area contributed by atoms with Crippen LogP contribution in [0, 0.1) is 0 Å². The summed E-state index contributed by atoms with van der Waals surface area (Å²) in [4.78, 5) is 2.54. The van der Waals surface area contributed by atoms with Gasteiger partial charge in [0.25, 0.3) is 0 Å². The van der Waals surface area contributed by atoms with Crippen molar-refractivity contribution in [2.45, 2.75) is 46.2 Å². The van der Waals surface area contributed by atoms with Gasteiger partial charge in [0.05, 0.1) is 6.61 Å². The number of hydrogen-bond donors (Lipinski definition) is 1. The maximum Gasteiger partial charge on any atom is 0.0587 e. The van der Waals surface area contributed by atoms with Gasteiger partial charge < -0.3 is 10.1 Å². The quantitative estimate of drug-likeness (QED) is 0.594. The van der Waals surface area contributed by atoms with Gasteiger partial charge in [0.15, 0.2) is 0 Å². The molecule has 0 aromatic heterocycles. The maximum atomic E-state index is 5.00. The number of nitrogens with one attached hydrogen (secondary N) is 1. The Labute approximate surface area is 95.2 Å². The Morgan fingerprint density at radius 2 is 1.93 bits per heavy atom. The van der Waals surface area contributed by atoms with Gasteiger partial charge in [0.2, 0.25) is 0 Å². The Balaban J connectivity index is 3.76. The fourth-order valence-electron chi connectivity index (χ4n) is 1.85. The van der Waals surface area contributed by atoms with Crippen LogP contribution >= 0.6 is 0 Å². The summed E-state index contributed by atoms with van der Waals surface area (Å²) >= 11 is 0. The summed E-state index contributed by atoms with van der Waals surface area (Å²) in [6.45, 7) is 13.0. The van der Waals surface area contributed by atoms with E-state index in [1.54, 1.807) is 7.11 Å². The van der Waals surface area contributed by atoms with E-state index in [2.05, 4.69) is 37.9 Å². The van der Waals surface area contributed by atoms with Gasteiger partial charge in [0, 0.05) is 32.3 Å². The van der Waals surface area contributed by atoms with Crippen LogP contribution in [-0.2, 0) is 4.74 Å². The maximum absolute atomic E-state index is 5.00. The first-order valence-corrected chi connectivity index (χ1v) is 6.08. The van der Waals surface area contributed by atoms with Crippen LogP contribution in [0.1, 0.15) is 34.1 Å². The molecule has 0 bridgehead atoms. The van der Waals surface area contributed by atoms with Crippen molar-refractivity contribution in [2.24, 2.45) is 0 Å². The second-order valence-electron chi connectivity index (χ2n) is 4.38. The molecule has 1 N–H and O–H groups in total. The Morgan fingerprint density at radius 1 is 1.27 bits per heavy atom. The van der Waals surface area contributed by atoms with Crippen LogP contribution in [0.2, 0.25) is 0 Å². The predicted octanol–water partition coefficient (Wildman–Crippen LogP) is 1.73. The minimum Gasteiger partial charge on any atom is -0.383 e. The van der Waals surface area contributed by atoms with Crippen LogP contribution in [0.25, 0.3) is 0 Å². The molecule has 0 rings (SSSR count). The molecule has 0 aliphatic rings. The highest BCUT2D eigenvalue weighted by Crippen LogP contribution is 2.05. The molecular formula is C12H28N2O. The third-order valence-corrected chi connectivity index (χ3v) is 2.63. The van der Waals surface area contributed by atoms with E-state index in [0.29, 0.717) is 12.1 Å². The van der Waals surface area contributed by atoms with Crippen molar-refractivity contribution in [1.29, 1.82) is 0 Å². The van der Waals surface area contributed by atoms with Gasteiger partial charge in [-0.05, 0) is 33.7 Å². The summed E-state index contributed by atoms with van der Waals surface area (Å²) in [6.07, 6.45) is 1.22. The number of nitrogens with zero attached hydrogens (tertiary/aromatic N) is 1. The van der Waals surface area contributed by atoms with Crippen molar-refractivity contribution in [3.05, 3.63) is 0 Å². The van der Waals surface area contributed by atoms with E-state index in [1.807, 2.05) is 0 Å². The molecule has 0 saturated heterocycles. The summed E-state index contributed by atoms with van der Waals surface area (Å²) in [5, 5.41) is 3.41. The summed E-state index contributed by atoms with van der Waals surface area (Å²) in [5.74, 6) is 0. The fourth-order valence-corrected chi connectivity index (χ4v) is 1.85. The zero-order valence-electron chi connectivity index (χ0n) is 11.0. The number of hydrogen-bond acceptors (Lipinski definition) is 3. The van der Waals surface area contributed by atoms with E-state index >= 15 is 0 Å². The molecule has 1 unspecified atom stereocenters. The van der Waals surface area contributed by atoms with Gasteiger partial charge in [-0.25, -0.2) is 0 Å². The molecule has 3 nitrogen and oxygen atoms in total. The monoisotopic (exact) mass is 216 g/mol. The van der Waals surface area contributed by atoms with Crippen LogP contribution < -0.4 is 5.32 Å². The third-order valence-electron chi connectivity index (χ3n) is 2.63. The Bertz CT molecular complexity index is 140. The molecule has 92 valence electrons. The molecule has 0 aliphatic carbocycles. The van der Waals surface area contributed by atoms with Gasteiger partial charge in [-0.15, -0.1) is 0 Å². The molecule has 0 radical (unpaired) electrons. The molecule has 0 aliphatic heterocycles. The second kappa shape index (κ2) is 9.13. The molecule has 0 heterocycles. The Morgan fingerprint density at radius 3 is 2.40 bits per heavy atom. The van der Waals surface area contributed by atoms with Crippen LogP contribution in [0.3, 0.4) is 0 Å². The zero-order valence-corrected chi connectivity index (χ0v) is 11.0. The first-order valence-electron chi connectivity index (χ1n) is 6.08. The lowest BCUT2D eigenvalue weighted by Crippen LogP contribution is -2.45. The highest BCUT2D eigenvalue weighted by Gasteiger charge is 2.15. The third kappa shape index (κ3) is 6.88. The van der Waals surface area contributed by atoms with E-state index in [1.165, 1.54) is 13.0 Å². The summed E-state index contributed by atoms with van der Waals surface area (Å²) in [7, 11) is 1.74. The Kier molecular flexibility index (Phi) is 9.06. The van der Waals surface area contributed by atoms with Crippen LogP contribution in [0.15, 0.2) is 0 Å². The minimum absolute atomic E-state index is 0.599. The lowest BCUT2D eigenvalue weighted by Gasteiger charge is -2.32. The van der Waals surface area contributed by atoms with Crippen LogP contribution in [0.4, 0.5) is 0 Å². The molecule has 0 spiro atoms. The smallest absolute Gasteiger partial charge is 0.0587 e. The van der Waals surface area contributed by atoms with Gasteiger partial charge >= 0.3 is 0 Å². The lowest BCUT2D eigenvalue weighted by molar-refractivity contribution is 0.154. The average molecular weight is 216 g/mol. The SMILES string of the molecule is CCCN(C(C)C)C(C)CNCCOC. The topological polar surface area (TPSA) is 24.5 Å². The van der Waals surface area contributed by atoms with Crippen molar-refractivity contribution >= 4 is 0 Å². The molecule has 0 saturated carbocycles. The minimum atomic E-state index is 0.599. The summed E-state index contributed by atoms with van der Waals surface area (Å²) in [5.41, 5.74) is 0. The van der Waals surface area contributed by atoms with Crippen molar-refractivity contribution in [1.82, 2.24) is 10.2 Å². The van der Waals surface area contributed by atoms with E-state index < -0.39 is 0 Å². The van der Waals surface area contributed by atoms with E-state index in [9.17, 15) is 0 Å². The number of methoxy groups -OCH3 is 1. The van der Waals surface area contributed by atoms with Gasteiger partial charge in [-0.2, -0.15) is 0 Å². The predicted molar refractivity (Wildman–Crippen MR) is 66.3 cm³/mol. The van der Waals surface area contributed by atoms with Crippen molar-refractivity contribution in [3.63, 3.8) is 0 Å². The fraction of sp³-hybridized carbons (Fsp3) is 1.00. The molecule has 3 heteroatoms. The molecule has 1 atom stereocenters.